The van der Waals surface area contributed by atoms with E-state index in [0.29, 0.717) is 0 Å². The zero-order valence-corrected chi connectivity index (χ0v) is 12.0. The molecule has 5 nitrogen and oxygen atoms in total. The number of hydrogen-bond acceptors (Lipinski definition) is 5. The van der Waals surface area contributed by atoms with Gasteiger partial charge in [0.05, 0.1) is 12.0 Å². The minimum atomic E-state index is -0.756. The summed E-state index contributed by atoms with van der Waals surface area (Å²) in [5.74, 6) is -0.590. The number of aliphatic hydroxyl groups is 3. The second kappa shape index (κ2) is 4.68. The Bertz CT molecular complexity index is 411. The number of esters is 1. The highest BCUT2D eigenvalue weighted by Gasteiger charge is 2.68. The van der Waals surface area contributed by atoms with E-state index in [1.165, 1.54) is 0 Å². The molecule has 0 spiro atoms. The molecule has 0 radical (unpaired) electrons. The SMILES string of the molecule is CC(CO)C1C2OC(=O)C1C1CCC(CO)C1(C)C2O. The van der Waals surface area contributed by atoms with E-state index >= 15 is 0 Å². The van der Waals surface area contributed by atoms with Crippen LogP contribution in [0.15, 0.2) is 0 Å². The van der Waals surface area contributed by atoms with Crippen LogP contribution in [-0.2, 0) is 9.53 Å². The van der Waals surface area contributed by atoms with Crippen LogP contribution in [0.2, 0.25) is 0 Å². The quantitative estimate of drug-likeness (QED) is 0.643. The first kappa shape index (κ1) is 14.3. The van der Waals surface area contributed by atoms with Gasteiger partial charge in [-0.05, 0) is 30.6 Å². The molecule has 1 aliphatic heterocycles. The van der Waals surface area contributed by atoms with Gasteiger partial charge in [0.2, 0.25) is 0 Å². The molecule has 3 fully saturated rings. The van der Waals surface area contributed by atoms with Gasteiger partial charge in [0.15, 0.2) is 0 Å². The smallest absolute Gasteiger partial charge is 0.310 e. The lowest BCUT2D eigenvalue weighted by Gasteiger charge is -2.49. The Morgan fingerprint density at radius 1 is 1.40 bits per heavy atom. The van der Waals surface area contributed by atoms with Gasteiger partial charge in [-0.15, -0.1) is 0 Å². The minimum Gasteiger partial charge on any atom is -0.459 e. The normalized spacial score (nSPS) is 51.8. The average Bonchev–Trinajstić information content (AvgIpc) is 2.92. The van der Waals surface area contributed by atoms with Crippen LogP contribution in [0.25, 0.3) is 0 Å². The minimum absolute atomic E-state index is 0.00606. The predicted molar refractivity (Wildman–Crippen MR) is 70.5 cm³/mol. The van der Waals surface area contributed by atoms with Crippen molar-refractivity contribution >= 4 is 5.97 Å². The van der Waals surface area contributed by atoms with Gasteiger partial charge in [-0.25, -0.2) is 0 Å². The summed E-state index contributed by atoms with van der Waals surface area (Å²) in [5.41, 5.74) is -0.456. The summed E-state index contributed by atoms with van der Waals surface area (Å²) in [6.45, 7) is 3.92. The van der Waals surface area contributed by atoms with E-state index in [9.17, 15) is 20.1 Å². The Balaban J connectivity index is 2.02. The van der Waals surface area contributed by atoms with E-state index in [-0.39, 0.29) is 48.8 Å². The highest BCUT2D eigenvalue weighted by molar-refractivity contribution is 5.77. The Labute approximate surface area is 118 Å². The first-order chi connectivity index (χ1) is 9.46. The fourth-order valence-corrected chi connectivity index (χ4v) is 5.13. The van der Waals surface area contributed by atoms with Crippen LogP contribution < -0.4 is 0 Å². The molecule has 2 bridgehead atoms. The molecule has 1 saturated heterocycles. The molecule has 114 valence electrons. The average molecular weight is 284 g/mol. The Morgan fingerprint density at radius 3 is 2.70 bits per heavy atom. The van der Waals surface area contributed by atoms with E-state index in [4.69, 9.17) is 4.74 Å². The molecule has 20 heavy (non-hydrogen) atoms. The lowest BCUT2D eigenvalue weighted by Crippen LogP contribution is -2.57. The zero-order chi connectivity index (χ0) is 14.7. The van der Waals surface area contributed by atoms with Gasteiger partial charge in [-0.1, -0.05) is 13.8 Å². The first-order valence-corrected chi connectivity index (χ1v) is 7.57. The standard InChI is InChI=1S/C15H24O5/c1-7(5-16)10-11-9-4-3-8(6-17)15(9,2)13(18)12(10)20-14(11)19/h7-13,16-18H,3-6H2,1-2H3. The molecule has 5 heteroatoms. The topological polar surface area (TPSA) is 87.0 Å². The number of hydrogen-bond donors (Lipinski definition) is 3. The van der Waals surface area contributed by atoms with E-state index in [1.807, 2.05) is 13.8 Å². The Morgan fingerprint density at radius 2 is 2.10 bits per heavy atom. The number of carbonyl (C=O) groups is 1. The fraction of sp³-hybridized carbons (Fsp3) is 0.933. The molecule has 0 aromatic carbocycles. The molecule has 2 aliphatic carbocycles. The van der Waals surface area contributed by atoms with Gasteiger partial charge in [-0.2, -0.15) is 0 Å². The number of fused-ring (bicyclic) bond motifs is 4. The summed E-state index contributed by atoms with van der Waals surface area (Å²) in [6.07, 6.45) is 0.377. The second-order valence-corrected chi connectivity index (χ2v) is 7.04. The van der Waals surface area contributed by atoms with Crippen LogP contribution in [0, 0.1) is 35.0 Å². The monoisotopic (exact) mass is 284 g/mol. The maximum Gasteiger partial charge on any atom is 0.310 e. The fourth-order valence-electron chi connectivity index (χ4n) is 5.13. The van der Waals surface area contributed by atoms with Crippen LogP contribution in [0.4, 0.5) is 0 Å². The van der Waals surface area contributed by atoms with Crippen LogP contribution in [0.5, 0.6) is 0 Å². The lowest BCUT2D eigenvalue weighted by molar-refractivity contribution is -0.153. The molecular formula is C15H24O5. The molecule has 3 N–H and O–H groups in total. The van der Waals surface area contributed by atoms with E-state index < -0.39 is 17.6 Å². The van der Waals surface area contributed by atoms with Crippen LogP contribution in [0.3, 0.4) is 0 Å². The molecule has 0 amide bonds. The van der Waals surface area contributed by atoms with Gasteiger partial charge >= 0.3 is 5.97 Å². The largest absolute Gasteiger partial charge is 0.459 e. The van der Waals surface area contributed by atoms with Crippen LogP contribution >= 0.6 is 0 Å². The van der Waals surface area contributed by atoms with Crippen molar-refractivity contribution in [3.8, 4) is 0 Å². The van der Waals surface area contributed by atoms with Crippen LogP contribution in [0.1, 0.15) is 26.7 Å². The van der Waals surface area contributed by atoms with E-state index in [2.05, 4.69) is 0 Å². The maximum absolute atomic E-state index is 12.2. The Kier molecular flexibility index (Phi) is 3.35. The molecule has 1 heterocycles. The highest BCUT2D eigenvalue weighted by Crippen LogP contribution is 2.62. The molecular weight excluding hydrogens is 260 g/mol. The molecule has 8 atom stereocenters. The zero-order valence-electron chi connectivity index (χ0n) is 12.0. The number of carbonyl (C=O) groups excluding carboxylic acids is 1. The van der Waals surface area contributed by atoms with E-state index in [1.54, 1.807) is 0 Å². The summed E-state index contributed by atoms with van der Waals surface area (Å²) in [5, 5.41) is 29.8. The van der Waals surface area contributed by atoms with Gasteiger partial charge in [0.1, 0.15) is 6.10 Å². The summed E-state index contributed by atoms with van der Waals surface area (Å²) < 4.78 is 5.45. The third kappa shape index (κ3) is 1.57. The molecule has 3 aliphatic rings. The van der Waals surface area contributed by atoms with E-state index in [0.717, 1.165) is 12.8 Å². The van der Waals surface area contributed by atoms with Crippen molar-refractivity contribution in [1.82, 2.24) is 0 Å². The van der Waals surface area contributed by atoms with Crippen LogP contribution in [-0.4, -0.2) is 46.7 Å². The van der Waals surface area contributed by atoms with Crippen molar-refractivity contribution in [3.63, 3.8) is 0 Å². The number of ether oxygens (including phenoxy) is 1. The predicted octanol–water partition coefficient (Wildman–Crippen LogP) is 0.172. The second-order valence-electron chi connectivity index (χ2n) is 7.04. The van der Waals surface area contributed by atoms with Crippen molar-refractivity contribution in [2.24, 2.45) is 35.0 Å². The van der Waals surface area contributed by atoms with Gasteiger partial charge < -0.3 is 20.1 Å². The van der Waals surface area contributed by atoms with Gasteiger partial charge in [0.25, 0.3) is 0 Å². The van der Waals surface area contributed by atoms with Gasteiger partial charge in [0, 0.05) is 24.5 Å². The van der Waals surface area contributed by atoms with Crippen molar-refractivity contribution in [3.05, 3.63) is 0 Å². The summed E-state index contributed by atoms with van der Waals surface area (Å²) >= 11 is 0. The highest BCUT2D eigenvalue weighted by atomic mass is 16.6. The third-order valence-electron chi connectivity index (χ3n) is 6.37. The first-order valence-electron chi connectivity index (χ1n) is 7.57. The molecule has 3 rings (SSSR count). The molecule has 8 unspecified atom stereocenters. The van der Waals surface area contributed by atoms with Crippen molar-refractivity contribution in [1.29, 1.82) is 0 Å². The molecule has 2 saturated carbocycles. The third-order valence-corrected chi connectivity index (χ3v) is 6.37. The number of aliphatic hydroxyl groups excluding tert-OH is 3. The lowest BCUT2D eigenvalue weighted by atomic mass is 9.55. The molecule has 0 aromatic heterocycles. The maximum atomic E-state index is 12.2. The van der Waals surface area contributed by atoms with Crippen molar-refractivity contribution in [2.75, 3.05) is 13.2 Å². The summed E-state index contributed by atoms with van der Waals surface area (Å²) in [6, 6.07) is 0. The van der Waals surface area contributed by atoms with Crippen molar-refractivity contribution < 1.29 is 24.9 Å². The number of rotatable bonds is 3. The van der Waals surface area contributed by atoms with Crippen molar-refractivity contribution in [2.45, 2.75) is 38.9 Å². The summed E-state index contributed by atoms with van der Waals surface area (Å²) in [4.78, 5) is 12.2. The molecule has 0 aromatic rings. The Hall–Kier alpha value is -0.650. The van der Waals surface area contributed by atoms with Gasteiger partial charge in [-0.3, -0.25) is 4.79 Å². The summed E-state index contributed by atoms with van der Waals surface area (Å²) in [7, 11) is 0.